The first kappa shape index (κ1) is 34.1. The molecule has 1 aliphatic rings. The maximum atomic E-state index is 12.2. The molecule has 13 heteroatoms. The van der Waals surface area contributed by atoms with Crippen molar-refractivity contribution in [3.63, 3.8) is 0 Å². The third kappa shape index (κ3) is 10.4. The summed E-state index contributed by atoms with van der Waals surface area (Å²) < 4.78 is 45.6. The number of carbonyl (C=O) groups is 4. The van der Waals surface area contributed by atoms with E-state index in [-0.39, 0.29) is 13.0 Å². The summed E-state index contributed by atoms with van der Waals surface area (Å²) >= 11 is 6.56. The topological polar surface area (TPSA) is 141 Å². The average Bonchev–Trinajstić information content (AvgIpc) is 2.89. The summed E-state index contributed by atoms with van der Waals surface area (Å²) in [6.45, 7) is 7.72. The van der Waals surface area contributed by atoms with Crippen molar-refractivity contribution < 1.29 is 52.2 Å². The van der Waals surface area contributed by atoms with Crippen LogP contribution in [0.3, 0.4) is 0 Å². The van der Waals surface area contributed by atoms with E-state index < -0.39 is 61.5 Å². The van der Waals surface area contributed by atoms with Crippen LogP contribution in [-0.4, -0.2) is 74.6 Å². The molecule has 2 aromatic carbocycles. The first-order valence-corrected chi connectivity index (χ1v) is 16.6. The SMILES string of the molecule is CC(=O)OC[C@H]1O[C@@H](c2ccc(Cl)c(Cc3ccc(OCP(C)(C)=O)cc3)c2)[C@H](OC(C)=O)C(OC(C)=O)[C@@H]1OC(C)=O. The van der Waals surface area contributed by atoms with Crippen molar-refractivity contribution in [3.8, 4) is 5.75 Å². The molecule has 0 radical (unpaired) electrons. The van der Waals surface area contributed by atoms with E-state index in [9.17, 15) is 23.7 Å². The van der Waals surface area contributed by atoms with Gasteiger partial charge < -0.3 is 33.0 Å². The first-order valence-electron chi connectivity index (χ1n) is 13.5. The van der Waals surface area contributed by atoms with Gasteiger partial charge >= 0.3 is 23.9 Å². The van der Waals surface area contributed by atoms with Gasteiger partial charge in [0.1, 0.15) is 38.1 Å². The van der Waals surface area contributed by atoms with Gasteiger partial charge in [0.25, 0.3) is 0 Å². The number of carbonyl (C=O) groups excluding carboxylic acids is 4. The number of hydrogen-bond donors (Lipinski definition) is 0. The Bertz CT molecular complexity index is 1370. The monoisotopic (exact) mass is 638 g/mol. The van der Waals surface area contributed by atoms with Crippen LogP contribution in [0.5, 0.6) is 5.75 Å². The standard InChI is InChI=1S/C30H36ClO11P/c1-17(32)37-15-26-28(39-18(2)33)30(41-20(4)35)29(40-19(3)34)27(42-26)22-9-12-25(31)23(14-22)13-21-7-10-24(11-8-21)38-16-43(5,6)36/h7-12,14,26-30H,13,15-16H2,1-6H3/t26-,27+,28-,29+,30?/m1/s1. The van der Waals surface area contributed by atoms with Crippen molar-refractivity contribution in [2.75, 3.05) is 26.3 Å². The summed E-state index contributed by atoms with van der Waals surface area (Å²) in [5, 5.41) is 0.465. The Hall–Kier alpha value is -3.40. The van der Waals surface area contributed by atoms with Crippen LogP contribution in [0.15, 0.2) is 42.5 Å². The predicted octanol–water partition coefficient (Wildman–Crippen LogP) is 4.69. The Balaban J connectivity index is 1.98. The second-order valence-corrected chi connectivity index (χ2v) is 14.5. The van der Waals surface area contributed by atoms with Crippen LogP contribution < -0.4 is 4.74 Å². The molecular formula is C30H36ClO11P. The van der Waals surface area contributed by atoms with Crippen molar-refractivity contribution >= 4 is 42.6 Å². The Morgan fingerprint density at radius 2 is 1.40 bits per heavy atom. The van der Waals surface area contributed by atoms with Crippen molar-refractivity contribution in [2.45, 2.75) is 64.6 Å². The third-order valence-corrected chi connectivity index (χ3v) is 7.37. The maximum absolute atomic E-state index is 12.2. The molecule has 0 aromatic heterocycles. The number of halogens is 1. The largest absolute Gasteiger partial charge is 0.486 e. The Morgan fingerprint density at radius 1 is 0.814 bits per heavy atom. The highest BCUT2D eigenvalue weighted by Gasteiger charge is 2.52. The molecule has 5 atom stereocenters. The van der Waals surface area contributed by atoms with Crippen molar-refractivity contribution in [3.05, 3.63) is 64.2 Å². The van der Waals surface area contributed by atoms with Gasteiger partial charge in [-0.25, -0.2) is 0 Å². The molecule has 1 heterocycles. The fourth-order valence-electron chi connectivity index (χ4n) is 4.56. The molecular weight excluding hydrogens is 603 g/mol. The van der Waals surface area contributed by atoms with Crippen LogP contribution in [0, 0.1) is 0 Å². The zero-order valence-corrected chi connectivity index (χ0v) is 26.5. The van der Waals surface area contributed by atoms with E-state index in [0.717, 1.165) is 12.5 Å². The minimum atomic E-state index is -2.33. The van der Waals surface area contributed by atoms with E-state index in [1.807, 2.05) is 12.1 Å². The van der Waals surface area contributed by atoms with Gasteiger partial charge in [0.15, 0.2) is 18.3 Å². The van der Waals surface area contributed by atoms with Gasteiger partial charge in [-0.3, -0.25) is 19.2 Å². The molecule has 0 N–H and O–H groups in total. The summed E-state index contributed by atoms with van der Waals surface area (Å²) in [6.07, 6.45) is -5.29. The van der Waals surface area contributed by atoms with Crippen LogP contribution >= 0.6 is 18.7 Å². The highest BCUT2D eigenvalue weighted by Crippen LogP contribution is 2.39. The molecule has 2 aromatic rings. The average molecular weight is 639 g/mol. The number of benzene rings is 2. The summed E-state index contributed by atoms with van der Waals surface area (Å²) in [6, 6.07) is 12.4. The lowest BCUT2D eigenvalue weighted by molar-refractivity contribution is -0.254. The second kappa shape index (κ2) is 14.9. The Labute approximate surface area is 255 Å². The van der Waals surface area contributed by atoms with Crippen molar-refractivity contribution in [1.29, 1.82) is 0 Å². The van der Waals surface area contributed by atoms with Gasteiger partial charge in [-0.1, -0.05) is 35.9 Å². The third-order valence-electron chi connectivity index (χ3n) is 6.25. The van der Waals surface area contributed by atoms with Gasteiger partial charge in [-0.05, 0) is 54.6 Å². The maximum Gasteiger partial charge on any atom is 0.303 e. The van der Waals surface area contributed by atoms with E-state index in [1.54, 1.807) is 43.7 Å². The number of ether oxygens (including phenoxy) is 6. The first-order chi connectivity index (χ1) is 20.1. The lowest BCUT2D eigenvalue weighted by Gasteiger charge is -2.44. The van der Waals surface area contributed by atoms with E-state index in [1.165, 1.54) is 20.8 Å². The quantitative estimate of drug-likeness (QED) is 0.192. The molecule has 1 unspecified atom stereocenters. The summed E-state index contributed by atoms with van der Waals surface area (Å²) in [4.78, 5) is 47.9. The fraction of sp³-hybridized carbons (Fsp3) is 0.467. The molecule has 11 nitrogen and oxygen atoms in total. The van der Waals surface area contributed by atoms with Gasteiger partial charge in [0, 0.05) is 32.7 Å². The molecule has 0 aliphatic carbocycles. The van der Waals surface area contributed by atoms with Gasteiger partial charge in [-0.2, -0.15) is 0 Å². The fourth-order valence-corrected chi connectivity index (χ4v) is 5.20. The molecule has 234 valence electrons. The lowest BCUT2D eigenvalue weighted by Crippen LogP contribution is -2.59. The van der Waals surface area contributed by atoms with E-state index in [4.69, 9.17) is 40.0 Å². The summed E-state index contributed by atoms with van der Waals surface area (Å²) in [7, 11) is -2.33. The number of rotatable bonds is 11. The number of hydrogen-bond acceptors (Lipinski definition) is 11. The van der Waals surface area contributed by atoms with E-state index >= 15 is 0 Å². The van der Waals surface area contributed by atoms with Crippen molar-refractivity contribution in [2.24, 2.45) is 0 Å². The molecule has 3 rings (SSSR count). The zero-order chi connectivity index (χ0) is 31.9. The molecule has 1 saturated heterocycles. The smallest absolute Gasteiger partial charge is 0.303 e. The summed E-state index contributed by atoms with van der Waals surface area (Å²) in [5.41, 5.74) is 2.15. The molecule has 1 aliphatic heterocycles. The van der Waals surface area contributed by atoms with Crippen LogP contribution in [0.1, 0.15) is 50.5 Å². The summed E-state index contributed by atoms with van der Waals surface area (Å²) in [5.74, 6) is -2.12. The van der Waals surface area contributed by atoms with Gasteiger partial charge in [-0.15, -0.1) is 0 Å². The highest BCUT2D eigenvalue weighted by molar-refractivity contribution is 7.62. The minimum absolute atomic E-state index is 0.135. The van der Waals surface area contributed by atoms with Crippen molar-refractivity contribution in [1.82, 2.24) is 0 Å². The van der Waals surface area contributed by atoms with E-state index in [2.05, 4.69) is 0 Å². The molecule has 43 heavy (non-hydrogen) atoms. The number of esters is 4. The normalized spacial score (nSPS) is 21.8. The van der Waals surface area contributed by atoms with Gasteiger partial charge in [0.05, 0.1) is 0 Å². The molecule has 0 saturated carbocycles. The van der Waals surface area contributed by atoms with Crippen LogP contribution in [0.2, 0.25) is 5.02 Å². The zero-order valence-electron chi connectivity index (χ0n) is 24.9. The van der Waals surface area contributed by atoms with Crippen LogP contribution in [0.4, 0.5) is 0 Å². The lowest BCUT2D eigenvalue weighted by atomic mass is 9.89. The molecule has 0 bridgehead atoms. The Kier molecular flexibility index (Phi) is 11.8. The molecule has 0 amide bonds. The Morgan fingerprint density at radius 3 is 1.95 bits per heavy atom. The molecule has 1 fully saturated rings. The van der Waals surface area contributed by atoms with Crippen LogP contribution in [-0.2, 0) is 53.8 Å². The van der Waals surface area contributed by atoms with E-state index in [0.29, 0.717) is 28.3 Å². The molecule has 0 spiro atoms. The van der Waals surface area contributed by atoms with Crippen LogP contribution in [0.25, 0.3) is 0 Å². The predicted molar refractivity (Wildman–Crippen MR) is 157 cm³/mol. The second-order valence-electron chi connectivity index (χ2n) is 10.6. The highest BCUT2D eigenvalue weighted by atomic mass is 35.5. The van der Waals surface area contributed by atoms with Gasteiger partial charge in [0.2, 0.25) is 0 Å². The minimum Gasteiger partial charge on any atom is -0.486 e.